The van der Waals surface area contributed by atoms with Gasteiger partial charge in [-0.05, 0) is 0 Å². The van der Waals surface area contributed by atoms with Crippen molar-refractivity contribution in [2.75, 3.05) is 7.11 Å². The van der Waals surface area contributed by atoms with Crippen molar-refractivity contribution in [3.05, 3.63) is 18.6 Å². The minimum absolute atomic E-state index is 0. The van der Waals surface area contributed by atoms with Crippen molar-refractivity contribution in [1.82, 2.24) is 0 Å². The van der Waals surface area contributed by atoms with Gasteiger partial charge in [0.1, 0.15) is 6.26 Å². The fourth-order valence-electron chi connectivity index (χ4n) is 0.368. The molecule has 0 fully saturated rings. The molecule has 1 heterocycles. The van der Waals surface area contributed by atoms with Crippen molar-refractivity contribution in [3.8, 4) is 5.75 Å². The summed E-state index contributed by atoms with van der Waals surface area (Å²) in [5, 5.41) is 0. The van der Waals surface area contributed by atoms with Gasteiger partial charge in [-0.2, -0.15) is 0 Å². The van der Waals surface area contributed by atoms with Gasteiger partial charge in [0.25, 0.3) is 0 Å². The monoisotopic (exact) mass is 121 g/mol. The van der Waals surface area contributed by atoms with Gasteiger partial charge in [0.05, 0.1) is 13.4 Å². The van der Waals surface area contributed by atoms with Crippen molar-refractivity contribution >= 4 is 29.6 Å². The molecule has 0 spiro atoms. The van der Waals surface area contributed by atoms with E-state index in [-0.39, 0.29) is 29.6 Å². The summed E-state index contributed by atoms with van der Waals surface area (Å²) >= 11 is 0. The van der Waals surface area contributed by atoms with Gasteiger partial charge in [0.2, 0.25) is 0 Å². The van der Waals surface area contributed by atoms with Crippen LogP contribution in [0.3, 0.4) is 0 Å². The summed E-state index contributed by atoms with van der Waals surface area (Å²) in [5.41, 5.74) is 0. The van der Waals surface area contributed by atoms with E-state index in [1.807, 2.05) is 0 Å². The van der Waals surface area contributed by atoms with Crippen LogP contribution in [-0.2, 0) is 0 Å². The van der Waals surface area contributed by atoms with Gasteiger partial charge >= 0.3 is 0 Å². The van der Waals surface area contributed by atoms with Crippen LogP contribution in [0.25, 0.3) is 0 Å². The molecule has 0 N–H and O–H groups in total. The number of rotatable bonds is 1. The van der Waals surface area contributed by atoms with Gasteiger partial charge in [0.15, 0.2) is 5.75 Å². The van der Waals surface area contributed by atoms with Crippen molar-refractivity contribution in [2.45, 2.75) is 0 Å². The van der Waals surface area contributed by atoms with Crippen LogP contribution in [0.15, 0.2) is 23.0 Å². The summed E-state index contributed by atoms with van der Waals surface area (Å²) in [5.74, 6) is 0.764. The molecule has 3 heteroatoms. The van der Waals surface area contributed by atoms with E-state index in [0.29, 0.717) is 0 Å². The quantitative estimate of drug-likeness (QED) is 0.515. The largest absolute Gasteiger partial charge is 0.493 e. The van der Waals surface area contributed by atoms with E-state index in [4.69, 9.17) is 4.74 Å². The summed E-state index contributed by atoms with van der Waals surface area (Å²) in [4.78, 5) is 0. The molecule has 0 amide bonds. The second-order valence-corrected chi connectivity index (χ2v) is 1.16. The van der Waals surface area contributed by atoms with Crippen LogP contribution in [0.1, 0.15) is 0 Å². The van der Waals surface area contributed by atoms with E-state index in [1.165, 1.54) is 0 Å². The van der Waals surface area contributed by atoms with Crippen LogP contribution in [0, 0.1) is 0 Å². The minimum Gasteiger partial charge on any atom is -0.493 e. The Morgan fingerprint density at radius 2 is 2.38 bits per heavy atom. The van der Waals surface area contributed by atoms with Gasteiger partial charge in [0, 0.05) is 35.6 Å². The van der Waals surface area contributed by atoms with Gasteiger partial charge in [-0.15, -0.1) is 0 Å². The van der Waals surface area contributed by atoms with E-state index < -0.39 is 0 Å². The molecular weight excluding hydrogens is 115 g/mol. The summed E-state index contributed by atoms with van der Waals surface area (Å²) in [6.07, 6.45) is 3.11. The molecule has 0 saturated heterocycles. The molecule has 1 aromatic heterocycles. The fourth-order valence-corrected chi connectivity index (χ4v) is 0.368. The van der Waals surface area contributed by atoms with Crippen molar-refractivity contribution < 1.29 is 9.15 Å². The summed E-state index contributed by atoms with van der Waals surface area (Å²) in [7, 11) is 1.60. The Morgan fingerprint density at radius 1 is 1.62 bits per heavy atom. The average molecular weight is 121 g/mol. The molecule has 1 aromatic rings. The maximum absolute atomic E-state index is 4.76. The van der Waals surface area contributed by atoms with Gasteiger partial charge in [-0.3, -0.25) is 0 Å². The van der Waals surface area contributed by atoms with Crippen molar-refractivity contribution in [3.63, 3.8) is 0 Å². The molecule has 0 unspecified atom stereocenters. The molecule has 0 aliphatic rings. The third-order valence-electron chi connectivity index (χ3n) is 0.731. The molecule has 0 atom stereocenters. The van der Waals surface area contributed by atoms with Gasteiger partial charge < -0.3 is 9.15 Å². The Hall–Kier alpha value is 0.0800. The Morgan fingerprint density at radius 3 is 2.62 bits per heavy atom. The standard InChI is InChI=1S/C5H6O2.Na/c1-6-5-2-3-7-4-5;/h2-4H,1H3;. The first-order valence-corrected chi connectivity index (χ1v) is 1.99. The van der Waals surface area contributed by atoms with Gasteiger partial charge in [-0.25, -0.2) is 0 Å². The second kappa shape index (κ2) is 4.01. The average Bonchev–Trinajstić information content (AvgIpc) is 2.14. The van der Waals surface area contributed by atoms with E-state index >= 15 is 0 Å². The SMILES string of the molecule is COc1ccoc1.[Na]. The van der Waals surface area contributed by atoms with E-state index in [9.17, 15) is 0 Å². The van der Waals surface area contributed by atoms with Gasteiger partial charge in [-0.1, -0.05) is 0 Å². The number of methoxy groups -OCH3 is 1. The minimum atomic E-state index is 0. The maximum atomic E-state index is 4.76. The zero-order valence-corrected chi connectivity index (χ0v) is 7.05. The third-order valence-corrected chi connectivity index (χ3v) is 0.731. The smallest absolute Gasteiger partial charge is 0.156 e. The zero-order chi connectivity index (χ0) is 5.11. The number of ether oxygens (including phenoxy) is 1. The normalized spacial score (nSPS) is 7.62. The summed E-state index contributed by atoms with van der Waals surface area (Å²) in [6.45, 7) is 0. The molecule has 39 valence electrons. The molecule has 0 aliphatic heterocycles. The molecule has 0 saturated carbocycles. The first kappa shape index (κ1) is 8.08. The summed E-state index contributed by atoms with van der Waals surface area (Å²) < 4.78 is 9.44. The predicted molar refractivity (Wildman–Crippen MR) is 31.0 cm³/mol. The molecule has 1 rings (SSSR count). The second-order valence-electron chi connectivity index (χ2n) is 1.16. The van der Waals surface area contributed by atoms with Crippen molar-refractivity contribution in [1.29, 1.82) is 0 Å². The fraction of sp³-hybridized carbons (Fsp3) is 0.200. The van der Waals surface area contributed by atoms with E-state index in [2.05, 4.69) is 4.42 Å². The first-order valence-electron chi connectivity index (χ1n) is 1.99. The zero-order valence-electron chi connectivity index (χ0n) is 5.05. The first-order chi connectivity index (χ1) is 3.43. The topological polar surface area (TPSA) is 22.4 Å². The Kier molecular flexibility index (Phi) is 4.05. The summed E-state index contributed by atoms with van der Waals surface area (Å²) in [6, 6.07) is 1.75. The Labute approximate surface area is 70.1 Å². The molecule has 1 radical (unpaired) electrons. The van der Waals surface area contributed by atoms with Crippen LogP contribution in [0.4, 0.5) is 0 Å². The van der Waals surface area contributed by atoms with Crippen LogP contribution in [0.2, 0.25) is 0 Å². The van der Waals surface area contributed by atoms with Crippen molar-refractivity contribution in [2.24, 2.45) is 0 Å². The molecule has 0 aliphatic carbocycles. The Balaban J connectivity index is 0.000000490. The van der Waals surface area contributed by atoms with Crippen LogP contribution in [-0.4, -0.2) is 36.7 Å². The molecule has 0 bridgehead atoms. The number of furan rings is 1. The van der Waals surface area contributed by atoms with Crippen LogP contribution >= 0.6 is 0 Å². The Bertz CT molecular complexity index is 125. The molecule has 0 aromatic carbocycles. The molecular formula is C5H6NaO2. The number of hydrogen-bond acceptors (Lipinski definition) is 2. The maximum Gasteiger partial charge on any atom is 0.156 e. The predicted octanol–water partition coefficient (Wildman–Crippen LogP) is 0.907. The molecule has 2 nitrogen and oxygen atoms in total. The van der Waals surface area contributed by atoms with E-state index in [1.54, 1.807) is 25.7 Å². The van der Waals surface area contributed by atoms with Crippen LogP contribution in [0.5, 0.6) is 5.75 Å². The van der Waals surface area contributed by atoms with E-state index in [0.717, 1.165) is 5.75 Å². The molecule has 8 heavy (non-hydrogen) atoms. The number of hydrogen-bond donors (Lipinski definition) is 0. The third kappa shape index (κ3) is 1.90. The van der Waals surface area contributed by atoms with Crippen LogP contribution < -0.4 is 4.74 Å².